The molecule has 0 spiro atoms. The van der Waals surface area contributed by atoms with E-state index in [0.29, 0.717) is 46.3 Å². The monoisotopic (exact) mass is 1620 g/mol. The maximum atomic E-state index is 12.5. The predicted molar refractivity (Wildman–Crippen MR) is 499 cm³/mol. The second kappa shape index (κ2) is 34.8. The second-order valence-electron chi connectivity index (χ2n) is 40.7. The summed E-state index contributed by atoms with van der Waals surface area (Å²) in [5, 5.41) is 0. The smallest absolute Gasteiger partial charge is 0.319 e. The SMILES string of the molecule is CN(C)C(=O)N1CC2CC2(c2ccc(N3CCCCC3)cc2)C1.O=C(Cc1ccccc1)CN1CC2CC2(c2ccc(N3CCCCC3)cc2)C1.c1cc(C23CC2CN(C2CC2)C3)ccc1N1CCCCC1.c1ccc(CN2CC3CC3(c3ccc(N4CCCCC4)cc3)C2)cc1.c1ccc(N2CC3CC3(c3ccc(N4CCCCC4)cc3)C2)cc1. The van der Waals surface area contributed by atoms with Crippen molar-refractivity contribution in [3.05, 3.63) is 251 Å². The maximum Gasteiger partial charge on any atom is 0.319 e. The third-order valence-electron chi connectivity index (χ3n) is 32.4. The molecule has 10 unspecified atom stereocenters. The molecule has 0 aromatic heterocycles. The Hall–Kier alpha value is -8.62. The fourth-order valence-electron chi connectivity index (χ4n) is 24.9. The quantitative estimate of drug-likeness (QED) is 0.0825. The molecule has 16 aliphatic rings. The van der Waals surface area contributed by atoms with Crippen molar-refractivity contribution in [2.45, 2.75) is 187 Å². The number of piperidine rings is 10. The lowest BCUT2D eigenvalue weighted by Crippen LogP contribution is -2.40. The minimum absolute atomic E-state index is 0.154. The van der Waals surface area contributed by atoms with Gasteiger partial charge in [-0.15, -0.1) is 0 Å². The molecule has 6 aliphatic carbocycles. The van der Waals surface area contributed by atoms with Crippen molar-refractivity contribution in [2.75, 3.05) is 181 Å². The first-order valence-electron chi connectivity index (χ1n) is 48.2. The van der Waals surface area contributed by atoms with E-state index in [2.05, 4.69) is 226 Å². The number of ketones is 1. The maximum absolute atomic E-state index is 12.5. The summed E-state index contributed by atoms with van der Waals surface area (Å²) < 4.78 is 0. The topological polar surface area (TPSA) is 69.8 Å². The van der Waals surface area contributed by atoms with Gasteiger partial charge >= 0.3 is 6.03 Å². The van der Waals surface area contributed by atoms with Gasteiger partial charge in [-0.25, -0.2) is 4.79 Å². The number of amides is 2. The number of rotatable bonds is 18. The third kappa shape index (κ3) is 17.4. The Morgan fingerprint density at radius 1 is 0.306 bits per heavy atom. The van der Waals surface area contributed by atoms with Gasteiger partial charge in [0.15, 0.2) is 5.78 Å². The Balaban J connectivity index is 0.0000000967. The van der Waals surface area contributed by atoms with Crippen molar-refractivity contribution in [3.8, 4) is 0 Å². The van der Waals surface area contributed by atoms with Crippen molar-refractivity contribution in [1.82, 2.24) is 24.5 Å². The molecule has 8 aromatic rings. The highest BCUT2D eigenvalue weighted by atomic mass is 16.2. The number of carbonyl (C=O) groups is 2. The predicted octanol–water partition coefficient (Wildman–Crippen LogP) is 19.3. The average Bonchev–Trinajstić information content (AvgIpc) is 1.54. The normalized spacial score (nSPS) is 29.7. The summed E-state index contributed by atoms with van der Waals surface area (Å²) in [5.41, 5.74) is 20.6. The van der Waals surface area contributed by atoms with Gasteiger partial charge in [0.2, 0.25) is 0 Å². The molecule has 10 atom stereocenters. The van der Waals surface area contributed by atoms with Gasteiger partial charge in [-0.1, -0.05) is 140 Å². The lowest BCUT2D eigenvalue weighted by atomic mass is 9.94. The summed E-state index contributed by atoms with van der Waals surface area (Å²) in [5.74, 6) is 4.41. The number of fused-ring (bicyclic) bond motifs is 5. The van der Waals surface area contributed by atoms with E-state index in [1.807, 2.05) is 49.3 Å². The molecule has 636 valence electrons. The number of nitrogens with zero attached hydrogens (tertiary/aromatic N) is 11. The Bertz CT molecular complexity index is 4770. The zero-order valence-corrected chi connectivity index (χ0v) is 73.2. The fourth-order valence-corrected chi connectivity index (χ4v) is 24.9. The molecular weight excluding hydrogens is 1480 g/mol. The first-order chi connectivity index (χ1) is 59.4. The molecule has 0 N–H and O–H groups in total. The standard InChI is InChI=1S/C25H30N2O.C23H28N2.C22H26N2.C19H27N3O.C19H26N2/c28-24(15-20-7-3-1-4-8-20)18-26-17-22-16-25(22,19-26)21-9-11-23(12-10-21)27-13-5-2-6-14-27;1-3-7-19(8-4-1)16-24-17-21-15-23(21,18-24)20-9-11-22(12-10-20)25-13-5-2-6-14-25;1-3-7-20(8-4-1)24-16-19-15-22(19,17-24)18-9-11-21(12-10-18)23-13-5-2-6-14-23;1-20(2)18(23)22-13-16-12-19(16,14-22)15-6-8-17(9-7-15)21-10-4-3-5-11-21;1-2-10-20(11-3-1)17-6-4-15(5-7-17)19-12-16(19)13-21(14-19)18-8-9-18/h1,3-4,7-12,22H,2,5-6,13-19H2;1,3-4,7-12,21H,2,5-6,13-18H2;1,3-4,7-12,19H,2,5-6,13-17H2;6-9,16H,3-5,10-14H2,1-2H3;4-7,16,18H,1-3,8-14H2. The van der Waals surface area contributed by atoms with E-state index in [1.54, 1.807) is 21.6 Å². The summed E-state index contributed by atoms with van der Waals surface area (Å²) in [6.45, 7) is 25.5. The van der Waals surface area contributed by atoms with E-state index in [4.69, 9.17) is 0 Å². The molecule has 121 heavy (non-hydrogen) atoms. The molecule has 10 heterocycles. The number of para-hydroxylation sites is 1. The van der Waals surface area contributed by atoms with Crippen LogP contribution in [0, 0.1) is 29.6 Å². The van der Waals surface area contributed by atoms with Crippen LogP contribution < -0.4 is 29.4 Å². The van der Waals surface area contributed by atoms with E-state index < -0.39 is 0 Å². The number of likely N-dealkylation sites (tertiary alicyclic amines) is 4. The van der Waals surface area contributed by atoms with Crippen molar-refractivity contribution < 1.29 is 9.59 Å². The van der Waals surface area contributed by atoms with Gasteiger partial charge in [0.05, 0.1) is 6.54 Å². The number of urea groups is 1. The van der Waals surface area contributed by atoms with Gasteiger partial charge in [0.1, 0.15) is 0 Å². The fraction of sp³-hybridized carbons (Fsp3) is 0.537. The molecule has 13 heteroatoms. The van der Waals surface area contributed by atoms with Crippen molar-refractivity contribution in [1.29, 1.82) is 0 Å². The number of hydrogen-bond donors (Lipinski definition) is 0. The lowest BCUT2D eigenvalue weighted by molar-refractivity contribution is -0.119. The molecule has 13 nitrogen and oxygen atoms in total. The van der Waals surface area contributed by atoms with E-state index >= 15 is 0 Å². The van der Waals surface area contributed by atoms with Crippen LogP contribution in [0.3, 0.4) is 0 Å². The summed E-state index contributed by atoms with van der Waals surface area (Å²) >= 11 is 0. The Morgan fingerprint density at radius 3 is 1.01 bits per heavy atom. The van der Waals surface area contributed by atoms with E-state index in [0.717, 1.165) is 68.0 Å². The molecule has 10 aliphatic heterocycles. The number of Topliss-reactive ketones (excluding diaryl/α,β-unsaturated/α-hetero) is 1. The first kappa shape index (κ1) is 80.8. The number of hydrogen-bond acceptors (Lipinski definition) is 11. The van der Waals surface area contributed by atoms with Crippen molar-refractivity contribution >= 4 is 45.9 Å². The van der Waals surface area contributed by atoms with Crippen molar-refractivity contribution in [3.63, 3.8) is 0 Å². The number of anilines is 6. The van der Waals surface area contributed by atoms with Crippen LogP contribution >= 0.6 is 0 Å². The summed E-state index contributed by atoms with van der Waals surface area (Å²) in [4.78, 5) is 51.5. The number of benzene rings is 8. The van der Waals surface area contributed by atoms with Crippen LogP contribution in [0.1, 0.15) is 180 Å². The Morgan fingerprint density at radius 2 is 0.620 bits per heavy atom. The highest BCUT2D eigenvalue weighted by Gasteiger charge is 2.65. The average molecular weight is 1620 g/mol. The highest BCUT2D eigenvalue weighted by Crippen LogP contribution is 2.64. The Kier molecular flexibility index (Phi) is 23.3. The minimum atomic E-state index is 0.154. The molecule has 16 fully saturated rings. The summed E-state index contributed by atoms with van der Waals surface area (Å²) in [6, 6.07) is 80.5. The third-order valence-corrected chi connectivity index (χ3v) is 32.4. The molecule has 0 bridgehead atoms. The minimum Gasteiger partial charge on any atom is -0.372 e. The molecule has 0 radical (unpaired) electrons. The summed E-state index contributed by atoms with van der Waals surface area (Å²) in [7, 11) is 3.68. The summed E-state index contributed by atoms with van der Waals surface area (Å²) in [6.07, 6.45) is 30.6. The van der Waals surface area contributed by atoms with Crippen LogP contribution in [-0.2, 0) is 44.8 Å². The van der Waals surface area contributed by atoms with Crippen LogP contribution in [0.4, 0.5) is 38.9 Å². The van der Waals surface area contributed by atoms with Crippen LogP contribution in [0.15, 0.2) is 212 Å². The molecule has 6 saturated carbocycles. The zero-order valence-electron chi connectivity index (χ0n) is 73.2. The lowest BCUT2D eigenvalue weighted by Gasteiger charge is -2.29. The number of carbonyl (C=O) groups excluding carboxylic acids is 2. The van der Waals surface area contributed by atoms with Gasteiger partial charge in [-0.3, -0.25) is 19.5 Å². The van der Waals surface area contributed by atoms with Gasteiger partial charge < -0.3 is 39.2 Å². The Labute approximate surface area is 724 Å². The molecule has 2 amide bonds. The molecule has 24 rings (SSSR count). The van der Waals surface area contributed by atoms with Crippen LogP contribution in [0.2, 0.25) is 0 Å². The van der Waals surface area contributed by atoms with E-state index in [9.17, 15) is 9.59 Å². The van der Waals surface area contributed by atoms with Crippen molar-refractivity contribution in [2.24, 2.45) is 29.6 Å². The van der Waals surface area contributed by atoms with E-state index in [-0.39, 0.29) is 11.4 Å². The van der Waals surface area contributed by atoms with Gasteiger partial charge in [0.25, 0.3) is 0 Å². The van der Waals surface area contributed by atoms with Gasteiger partial charge in [-0.2, -0.15) is 0 Å². The zero-order chi connectivity index (χ0) is 81.5. The highest BCUT2D eigenvalue weighted by molar-refractivity contribution is 5.83. The van der Waals surface area contributed by atoms with Gasteiger partial charge in [-0.05, 0) is 283 Å². The molecule has 8 aromatic carbocycles. The first-order valence-corrected chi connectivity index (χ1v) is 48.2. The largest absolute Gasteiger partial charge is 0.372 e. The van der Waals surface area contributed by atoms with Crippen LogP contribution in [0.5, 0.6) is 0 Å². The van der Waals surface area contributed by atoms with Gasteiger partial charge in [0, 0.05) is 225 Å². The molecule has 10 saturated heterocycles. The molecular formula is C108H137N11O2. The van der Waals surface area contributed by atoms with E-state index in [1.165, 1.54) is 297 Å². The van der Waals surface area contributed by atoms with Crippen LogP contribution in [0.25, 0.3) is 0 Å². The second-order valence-corrected chi connectivity index (χ2v) is 40.7. The van der Waals surface area contributed by atoms with Crippen LogP contribution in [-0.4, -0.2) is 194 Å².